The lowest BCUT2D eigenvalue weighted by molar-refractivity contribution is 0.0667. The zero-order chi connectivity index (χ0) is 22.2. The average molecular weight is 467 g/mol. The van der Waals surface area contributed by atoms with Crippen LogP contribution in [0.15, 0.2) is 63.9 Å². The van der Waals surface area contributed by atoms with Crippen LogP contribution in [0, 0.1) is 11.6 Å². The molecule has 162 valence electrons. The molecule has 1 saturated heterocycles. The lowest BCUT2D eigenvalue weighted by atomic mass is 10.2. The molecule has 2 aromatic carbocycles. The number of hydrogen-bond donors (Lipinski definition) is 0. The topological polar surface area (TPSA) is 70.8 Å². The van der Waals surface area contributed by atoms with Crippen LogP contribution in [0.25, 0.3) is 11.3 Å². The van der Waals surface area contributed by atoms with Gasteiger partial charge in [0.15, 0.2) is 17.4 Å². The second kappa shape index (κ2) is 8.41. The molecule has 2 heterocycles. The van der Waals surface area contributed by atoms with E-state index in [-0.39, 0.29) is 42.7 Å². The SMILES string of the molecule is O=C(c1ccc(-c2ccccc2Cl)o1)N1CCN(S(=O)(=O)c2ccc(F)c(F)c2)CC1. The van der Waals surface area contributed by atoms with E-state index in [1.807, 2.05) is 0 Å². The van der Waals surface area contributed by atoms with Crippen molar-refractivity contribution in [1.82, 2.24) is 9.21 Å². The molecule has 4 rings (SSSR count). The van der Waals surface area contributed by atoms with Crippen LogP contribution in [0.5, 0.6) is 0 Å². The van der Waals surface area contributed by atoms with E-state index in [1.165, 1.54) is 4.90 Å². The zero-order valence-electron chi connectivity index (χ0n) is 16.1. The molecule has 1 fully saturated rings. The normalized spacial score (nSPS) is 15.3. The third-order valence-electron chi connectivity index (χ3n) is 5.01. The van der Waals surface area contributed by atoms with Crippen LogP contribution in [0.2, 0.25) is 5.02 Å². The largest absolute Gasteiger partial charge is 0.451 e. The Morgan fingerprint density at radius 1 is 0.935 bits per heavy atom. The van der Waals surface area contributed by atoms with Crippen LogP contribution in [-0.2, 0) is 10.0 Å². The second-order valence-electron chi connectivity index (χ2n) is 6.92. The monoisotopic (exact) mass is 466 g/mol. The van der Waals surface area contributed by atoms with Crippen LogP contribution in [0.1, 0.15) is 10.6 Å². The number of sulfonamides is 1. The van der Waals surface area contributed by atoms with E-state index in [0.29, 0.717) is 22.4 Å². The van der Waals surface area contributed by atoms with Gasteiger partial charge >= 0.3 is 0 Å². The number of hydrogen-bond acceptors (Lipinski definition) is 4. The molecule has 1 amide bonds. The Morgan fingerprint density at radius 3 is 2.32 bits per heavy atom. The van der Waals surface area contributed by atoms with Crippen molar-refractivity contribution in [1.29, 1.82) is 0 Å². The van der Waals surface area contributed by atoms with Gasteiger partial charge in [-0.2, -0.15) is 4.31 Å². The summed E-state index contributed by atoms with van der Waals surface area (Å²) in [7, 11) is -4.00. The second-order valence-corrected chi connectivity index (χ2v) is 9.26. The molecule has 0 atom stereocenters. The van der Waals surface area contributed by atoms with E-state index in [9.17, 15) is 22.0 Å². The minimum absolute atomic E-state index is 0.0190. The van der Waals surface area contributed by atoms with Crippen molar-refractivity contribution in [3.8, 4) is 11.3 Å². The first-order valence-corrected chi connectivity index (χ1v) is 11.2. The van der Waals surface area contributed by atoms with Gasteiger partial charge in [0, 0.05) is 31.7 Å². The number of amides is 1. The molecule has 0 unspecified atom stereocenters. The van der Waals surface area contributed by atoms with Gasteiger partial charge in [-0.05, 0) is 42.5 Å². The van der Waals surface area contributed by atoms with Gasteiger partial charge in [-0.1, -0.05) is 23.7 Å². The Labute approximate surface area is 182 Å². The molecule has 6 nitrogen and oxygen atoms in total. The molecule has 0 spiro atoms. The number of piperazine rings is 1. The van der Waals surface area contributed by atoms with E-state index < -0.39 is 21.7 Å². The fourth-order valence-electron chi connectivity index (χ4n) is 3.33. The van der Waals surface area contributed by atoms with Crippen molar-refractivity contribution in [3.05, 3.63) is 77.0 Å². The number of benzene rings is 2. The predicted octanol–water partition coefficient (Wildman–Crippen LogP) is 4.02. The minimum Gasteiger partial charge on any atom is -0.451 e. The number of furan rings is 1. The highest BCUT2D eigenvalue weighted by Gasteiger charge is 2.32. The van der Waals surface area contributed by atoms with Crippen molar-refractivity contribution in [2.75, 3.05) is 26.2 Å². The minimum atomic E-state index is -4.00. The fraction of sp³-hybridized carbons (Fsp3) is 0.190. The third-order valence-corrected chi connectivity index (χ3v) is 7.24. The summed E-state index contributed by atoms with van der Waals surface area (Å²) in [5, 5.41) is 0.492. The number of rotatable bonds is 4. The van der Waals surface area contributed by atoms with Crippen molar-refractivity contribution in [3.63, 3.8) is 0 Å². The molecule has 0 aliphatic carbocycles. The van der Waals surface area contributed by atoms with Crippen LogP contribution in [-0.4, -0.2) is 49.7 Å². The van der Waals surface area contributed by atoms with Crippen molar-refractivity contribution >= 4 is 27.5 Å². The predicted molar refractivity (Wildman–Crippen MR) is 110 cm³/mol. The molecule has 31 heavy (non-hydrogen) atoms. The Bertz CT molecular complexity index is 1240. The first kappa shape index (κ1) is 21.5. The molecule has 0 N–H and O–H groups in total. The third kappa shape index (κ3) is 4.21. The number of carbonyl (C=O) groups is 1. The summed E-state index contributed by atoms with van der Waals surface area (Å²) < 4.78 is 58.8. The summed E-state index contributed by atoms with van der Waals surface area (Å²) in [6, 6.07) is 12.7. The molecule has 0 radical (unpaired) electrons. The highest BCUT2D eigenvalue weighted by molar-refractivity contribution is 7.89. The van der Waals surface area contributed by atoms with E-state index in [4.69, 9.17) is 16.0 Å². The van der Waals surface area contributed by atoms with Gasteiger partial charge in [-0.3, -0.25) is 4.79 Å². The quantitative estimate of drug-likeness (QED) is 0.582. The van der Waals surface area contributed by atoms with E-state index in [2.05, 4.69) is 0 Å². The van der Waals surface area contributed by atoms with Crippen LogP contribution >= 0.6 is 11.6 Å². The summed E-state index contributed by atoms with van der Waals surface area (Å²) in [5.74, 6) is -2.16. The summed E-state index contributed by atoms with van der Waals surface area (Å²) in [6.07, 6.45) is 0. The Balaban J connectivity index is 1.45. The maximum Gasteiger partial charge on any atom is 0.289 e. The maximum atomic E-state index is 13.5. The standard InChI is InChI=1S/C21H17ClF2N2O4S/c22-16-4-2-1-3-15(16)19-7-8-20(30-19)21(27)25-9-11-26(12-10-25)31(28,29)14-5-6-17(23)18(24)13-14/h1-8,13H,9-12H2. The molecule has 1 aliphatic rings. The summed E-state index contributed by atoms with van der Waals surface area (Å²) in [5.41, 5.74) is 0.658. The fourth-order valence-corrected chi connectivity index (χ4v) is 5.00. The van der Waals surface area contributed by atoms with Crippen molar-refractivity contribution < 1.29 is 26.4 Å². The lowest BCUT2D eigenvalue weighted by Gasteiger charge is -2.33. The number of halogens is 3. The van der Waals surface area contributed by atoms with Crippen LogP contribution < -0.4 is 0 Å². The van der Waals surface area contributed by atoms with E-state index >= 15 is 0 Å². The molecular formula is C21H17ClF2N2O4S. The number of carbonyl (C=O) groups excluding carboxylic acids is 1. The van der Waals surface area contributed by atoms with Gasteiger partial charge in [0.1, 0.15) is 5.76 Å². The Kier molecular flexibility index (Phi) is 5.83. The number of nitrogens with zero attached hydrogens (tertiary/aromatic N) is 2. The zero-order valence-corrected chi connectivity index (χ0v) is 17.7. The molecule has 10 heteroatoms. The highest BCUT2D eigenvalue weighted by Crippen LogP contribution is 2.29. The molecular weight excluding hydrogens is 450 g/mol. The van der Waals surface area contributed by atoms with Crippen LogP contribution in [0.4, 0.5) is 8.78 Å². The van der Waals surface area contributed by atoms with Gasteiger partial charge in [0.2, 0.25) is 10.0 Å². The van der Waals surface area contributed by atoms with Crippen molar-refractivity contribution in [2.24, 2.45) is 0 Å². The van der Waals surface area contributed by atoms with E-state index in [0.717, 1.165) is 16.4 Å². The van der Waals surface area contributed by atoms with Crippen molar-refractivity contribution in [2.45, 2.75) is 4.90 Å². The maximum absolute atomic E-state index is 13.5. The smallest absolute Gasteiger partial charge is 0.289 e. The highest BCUT2D eigenvalue weighted by atomic mass is 35.5. The van der Waals surface area contributed by atoms with Gasteiger partial charge in [0.25, 0.3) is 5.91 Å². The molecule has 3 aromatic rings. The van der Waals surface area contributed by atoms with Gasteiger partial charge in [-0.15, -0.1) is 0 Å². The summed E-state index contributed by atoms with van der Waals surface area (Å²) >= 11 is 6.16. The first-order chi connectivity index (χ1) is 14.8. The molecule has 0 saturated carbocycles. The molecule has 1 aliphatic heterocycles. The van der Waals surface area contributed by atoms with Crippen LogP contribution in [0.3, 0.4) is 0 Å². The molecule has 1 aromatic heterocycles. The lowest BCUT2D eigenvalue weighted by Crippen LogP contribution is -2.50. The Hall–Kier alpha value is -2.75. The first-order valence-electron chi connectivity index (χ1n) is 9.36. The van der Waals surface area contributed by atoms with Gasteiger partial charge < -0.3 is 9.32 Å². The summed E-state index contributed by atoms with van der Waals surface area (Å²) in [6.45, 7) is 0.296. The van der Waals surface area contributed by atoms with Gasteiger partial charge in [-0.25, -0.2) is 17.2 Å². The average Bonchev–Trinajstić information content (AvgIpc) is 3.25. The Morgan fingerprint density at radius 2 is 1.65 bits per heavy atom. The summed E-state index contributed by atoms with van der Waals surface area (Å²) in [4.78, 5) is 13.9. The van der Waals surface area contributed by atoms with Gasteiger partial charge in [0.05, 0.1) is 9.92 Å². The van der Waals surface area contributed by atoms with E-state index in [1.54, 1.807) is 36.4 Å². The molecule has 0 bridgehead atoms.